The highest BCUT2D eigenvalue weighted by Crippen LogP contribution is 2.40. The van der Waals surface area contributed by atoms with Crippen LogP contribution < -0.4 is 4.74 Å². The highest BCUT2D eigenvalue weighted by atomic mass is 35.5. The van der Waals surface area contributed by atoms with E-state index in [0.29, 0.717) is 55.4 Å². The summed E-state index contributed by atoms with van der Waals surface area (Å²) in [6, 6.07) is 10.9. The molecule has 2 aromatic rings. The zero-order chi connectivity index (χ0) is 21.8. The summed E-state index contributed by atoms with van der Waals surface area (Å²) in [7, 11) is 0. The van der Waals surface area contributed by atoms with Crippen molar-refractivity contribution in [3.8, 4) is 5.75 Å². The molecule has 2 saturated heterocycles. The Bertz CT molecular complexity index is 952. The molecule has 0 saturated carbocycles. The number of rotatable bonds is 6. The van der Waals surface area contributed by atoms with Gasteiger partial charge in [-0.25, -0.2) is 0 Å². The smallest absolute Gasteiger partial charge is 0.254 e. The lowest BCUT2D eigenvalue weighted by Crippen LogP contribution is -2.61. The number of hydrogen-bond acceptors (Lipinski definition) is 4. The first-order chi connectivity index (χ1) is 15.0. The number of carbonyl (C=O) groups is 2. The van der Waals surface area contributed by atoms with Crippen molar-refractivity contribution in [3.05, 3.63) is 58.9 Å². The van der Waals surface area contributed by atoms with E-state index in [2.05, 4.69) is 4.98 Å². The molecule has 1 unspecified atom stereocenters. The van der Waals surface area contributed by atoms with E-state index in [1.54, 1.807) is 29.3 Å². The number of carbonyl (C=O) groups excluding carboxylic acids is 2. The van der Waals surface area contributed by atoms with Crippen LogP contribution in [0.4, 0.5) is 0 Å². The van der Waals surface area contributed by atoms with Gasteiger partial charge in [-0.3, -0.25) is 14.6 Å². The van der Waals surface area contributed by atoms with Gasteiger partial charge in [-0.2, -0.15) is 0 Å². The van der Waals surface area contributed by atoms with Crippen LogP contribution in [0.3, 0.4) is 0 Å². The van der Waals surface area contributed by atoms with Crippen LogP contribution >= 0.6 is 11.6 Å². The van der Waals surface area contributed by atoms with Crippen molar-refractivity contribution in [3.63, 3.8) is 0 Å². The minimum Gasteiger partial charge on any atom is -0.492 e. The third kappa shape index (κ3) is 4.26. The molecule has 0 radical (unpaired) electrons. The molecule has 2 amide bonds. The molecule has 2 aliphatic heterocycles. The van der Waals surface area contributed by atoms with Gasteiger partial charge in [0.05, 0.1) is 23.9 Å². The zero-order valence-corrected chi connectivity index (χ0v) is 18.6. The van der Waals surface area contributed by atoms with Gasteiger partial charge in [0.15, 0.2) is 0 Å². The molecular formula is C24H28ClN3O3. The average molecular weight is 442 g/mol. The van der Waals surface area contributed by atoms with E-state index in [1.807, 2.05) is 30.0 Å². The van der Waals surface area contributed by atoms with Gasteiger partial charge >= 0.3 is 0 Å². The summed E-state index contributed by atoms with van der Waals surface area (Å²) in [4.78, 5) is 35.0. The maximum atomic E-state index is 13.6. The van der Waals surface area contributed by atoms with Crippen LogP contribution in [-0.2, 0) is 11.3 Å². The Labute approximate surface area is 188 Å². The molecule has 3 heterocycles. The summed E-state index contributed by atoms with van der Waals surface area (Å²) in [5.41, 5.74) is 0.580. The molecule has 31 heavy (non-hydrogen) atoms. The number of nitrogens with zero attached hydrogens (tertiary/aromatic N) is 3. The number of hydrogen-bond donors (Lipinski definition) is 0. The molecule has 0 aliphatic carbocycles. The van der Waals surface area contributed by atoms with E-state index in [4.69, 9.17) is 16.3 Å². The number of piperidine rings is 1. The molecule has 0 bridgehead atoms. The lowest BCUT2D eigenvalue weighted by atomic mass is 9.85. The SMILES string of the molecule is CCCOc1ccc(C(=O)N2CCCC23CCCN(Cc2ccccn2)C3=O)cc1Cl. The molecule has 164 valence electrons. The van der Waals surface area contributed by atoms with Crippen LogP contribution in [0.25, 0.3) is 0 Å². The summed E-state index contributed by atoms with van der Waals surface area (Å²) in [5, 5.41) is 0.416. The standard InChI is InChI=1S/C24H28ClN3O3/c1-2-15-31-21-9-8-18(16-20(21)25)22(29)28-14-6-11-24(28)10-5-13-27(23(24)30)17-19-7-3-4-12-26-19/h3-4,7-9,12,16H,2,5-6,10-11,13-15,17H2,1H3. The van der Waals surface area contributed by atoms with Crippen molar-refractivity contribution < 1.29 is 14.3 Å². The summed E-state index contributed by atoms with van der Waals surface area (Å²) < 4.78 is 5.62. The Morgan fingerprint density at radius 2 is 2.00 bits per heavy atom. The quantitative estimate of drug-likeness (QED) is 0.669. The normalized spacial score (nSPS) is 21.0. The van der Waals surface area contributed by atoms with Gasteiger partial charge in [-0.05, 0) is 62.4 Å². The average Bonchev–Trinajstić information content (AvgIpc) is 3.20. The molecule has 2 fully saturated rings. The lowest BCUT2D eigenvalue weighted by molar-refractivity contribution is -0.146. The largest absolute Gasteiger partial charge is 0.492 e. The number of pyridine rings is 1. The second-order valence-corrected chi connectivity index (χ2v) is 8.64. The fourth-order valence-electron chi connectivity index (χ4n) is 4.68. The number of likely N-dealkylation sites (tertiary alicyclic amines) is 2. The van der Waals surface area contributed by atoms with Gasteiger partial charge in [0.2, 0.25) is 5.91 Å². The first-order valence-corrected chi connectivity index (χ1v) is 11.4. The van der Waals surface area contributed by atoms with Gasteiger partial charge in [0, 0.05) is 24.8 Å². The molecule has 7 heteroatoms. The van der Waals surface area contributed by atoms with E-state index < -0.39 is 5.54 Å². The maximum absolute atomic E-state index is 13.6. The second kappa shape index (κ2) is 9.27. The Balaban J connectivity index is 1.55. The number of amides is 2. The highest BCUT2D eigenvalue weighted by Gasteiger charge is 2.52. The molecule has 1 aromatic carbocycles. The Hall–Kier alpha value is -2.60. The molecule has 1 spiro atoms. The van der Waals surface area contributed by atoms with Crippen molar-refractivity contribution in [2.75, 3.05) is 19.7 Å². The Kier molecular flexibility index (Phi) is 6.46. The zero-order valence-electron chi connectivity index (χ0n) is 17.8. The van der Waals surface area contributed by atoms with Crippen LogP contribution in [-0.4, -0.2) is 51.8 Å². The van der Waals surface area contributed by atoms with Crippen molar-refractivity contribution in [1.29, 1.82) is 0 Å². The van der Waals surface area contributed by atoms with Crippen LogP contribution in [0.5, 0.6) is 5.75 Å². The lowest BCUT2D eigenvalue weighted by Gasteiger charge is -2.44. The number of aromatic nitrogens is 1. The second-order valence-electron chi connectivity index (χ2n) is 8.24. The molecule has 6 nitrogen and oxygen atoms in total. The highest BCUT2D eigenvalue weighted by molar-refractivity contribution is 6.32. The van der Waals surface area contributed by atoms with Crippen LogP contribution in [0.2, 0.25) is 5.02 Å². The van der Waals surface area contributed by atoms with Crippen molar-refractivity contribution in [2.45, 2.75) is 51.1 Å². The van der Waals surface area contributed by atoms with Crippen molar-refractivity contribution in [1.82, 2.24) is 14.8 Å². The van der Waals surface area contributed by atoms with E-state index in [9.17, 15) is 9.59 Å². The van der Waals surface area contributed by atoms with Crippen LogP contribution in [0.15, 0.2) is 42.6 Å². The molecule has 4 rings (SSSR count). The van der Waals surface area contributed by atoms with E-state index in [-0.39, 0.29) is 11.8 Å². The van der Waals surface area contributed by atoms with E-state index >= 15 is 0 Å². The number of benzene rings is 1. The minimum atomic E-state index is -0.770. The fourth-order valence-corrected chi connectivity index (χ4v) is 4.91. The van der Waals surface area contributed by atoms with Gasteiger partial charge in [0.25, 0.3) is 5.91 Å². The Morgan fingerprint density at radius 3 is 2.71 bits per heavy atom. The van der Waals surface area contributed by atoms with Crippen molar-refractivity contribution >= 4 is 23.4 Å². The Morgan fingerprint density at radius 1 is 1.19 bits per heavy atom. The van der Waals surface area contributed by atoms with E-state index in [0.717, 1.165) is 25.0 Å². The first kappa shape index (κ1) is 21.6. The topological polar surface area (TPSA) is 62.7 Å². The summed E-state index contributed by atoms with van der Waals surface area (Å²) in [6.07, 6.45) is 5.70. The predicted molar refractivity (Wildman–Crippen MR) is 119 cm³/mol. The fraction of sp³-hybridized carbons (Fsp3) is 0.458. The predicted octanol–water partition coefficient (Wildman–Crippen LogP) is 4.32. The van der Waals surface area contributed by atoms with Crippen LogP contribution in [0, 0.1) is 0 Å². The summed E-state index contributed by atoms with van der Waals surface area (Å²) in [6.45, 7) is 4.33. The van der Waals surface area contributed by atoms with Crippen molar-refractivity contribution in [2.24, 2.45) is 0 Å². The maximum Gasteiger partial charge on any atom is 0.254 e. The summed E-state index contributed by atoms with van der Waals surface area (Å²) >= 11 is 6.36. The molecular weight excluding hydrogens is 414 g/mol. The monoisotopic (exact) mass is 441 g/mol. The number of ether oxygens (including phenoxy) is 1. The first-order valence-electron chi connectivity index (χ1n) is 11.0. The third-order valence-corrected chi connectivity index (χ3v) is 6.45. The minimum absolute atomic E-state index is 0.0317. The molecule has 2 aliphatic rings. The molecule has 1 atom stereocenters. The summed E-state index contributed by atoms with van der Waals surface area (Å²) in [5.74, 6) is 0.463. The third-order valence-electron chi connectivity index (χ3n) is 6.16. The molecule has 0 N–H and O–H groups in total. The van der Waals surface area contributed by atoms with Gasteiger partial charge in [-0.15, -0.1) is 0 Å². The van der Waals surface area contributed by atoms with Gasteiger partial charge in [-0.1, -0.05) is 24.6 Å². The molecule has 1 aromatic heterocycles. The van der Waals surface area contributed by atoms with E-state index in [1.165, 1.54) is 0 Å². The van der Waals surface area contributed by atoms with Gasteiger partial charge < -0.3 is 14.5 Å². The van der Waals surface area contributed by atoms with Crippen LogP contribution in [0.1, 0.15) is 55.1 Å². The van der Waals surface area contributed by atoms with Gasteiger partial charge in [0.1, 0.15) is 11.3 Å². The number of halogens is 1.